The molecule has 0 aromatic heterocycles. The molecule has 0 spiro atoms. The second-order valence-corrected chi connectivity index (χ2v) is 3.08. The maximum atomic E-state index is 12.2. The first-order valence-electron chi connectivity index (χ1n) is 3.86. The van der Waals surface area contributed by atoms with Crippen LogP contribution >= 0.6 is 0 Å². The molecule has 1 rings (SSSR count). The van der Waals surface area contributed by atoms with E-state index in [1.807, 2.05) is 7.05 Å². The third-order valence-electron chi connectivity index (χ3n) is 2.20. The van der Waals surface area contributed by atoms with Crippen LogP contribution in [0.2, 0.25) is 0 Å². The number of aliphatic hydroxyl groups is 1. The molecule has 0 aromatic rings. The summed E-state index contributed by atoms with van der Waals surface area (Å²) >= 11 is 0. The van der Waals surface area contributed by atoms with E-state index >= 15 is 0 Å². The normalized spacial score (nSPS) is 31.2. The molecule has 1 fully saturated rings. The molecule has 1 N–H and O–H groups in total. The van der Waals surface area contributed by atoms with Gasteiger partial charge in [-0.1, -0.05) is 0 Å². The van der Waals surface area contributed by atoms with Crippen molar-refractivity contribution in [2.75, 3.05) is 26.7 Å². The monoisotopic (exact) mass is 159 g/mol. The molecule has 0 aromatic carbocycles. The Morgan fingerprint density at radius 1 is 1.82 bits per heavy atom. The fourth-order valence-electron chi connectivity index (χ4n) is 1.43. The smallest absolute Gasteiger partial charge is 0.0863 e. The Labute approximate surface area is 66.3 Å². The van der Waals surface area contributed by atoms with Crippen molar-refractivity contribution in [1.82, 2.24) is 4.90 Å². The number of halogens is 1. The molecule has 11 heavy (non-hydrogen) atoms. The Morgan fingerprint density at radius 2 is 2.55 bits per heavy atom. The van der Waals surface area contributed by atoms with Crippen molar-refractivity contribution >= 4 is 0 Å². The predicted octanol–water partition coefficient (Wildman–Crippen LogP) is 0.784. The van der Waals surface area contributed by atoms with E-state index in [4.69, 9.17) is 5.11 Å². The van der Waals surface area contributed by atoms with Crippen molar-refractivity contribution in [3.05, 3.63) is 11.9 Å². The van der Waals surface area contributed by atoms with Crippen molar-refractivity contribution in [3.8, 4) is 0 Å². The summed E-state index contributed by atoms with van der Waals surface area (Å²) in [5, 5.41) is 8.88. The van der Waals surface area contributed by atoms with Gasteiger partial charge in [-0.25, -0.2) is 4.39 Å². The number of hydrogen-bond donors (Lipinski definition) is 1. The van der Waals surface area contributed by atoms with E-state index < -0.39 is 0 Å². The second kappa shape index (κ2) is 3.83. The van der Waals surface area contributed by atoms with Gasteiger partial charge in [-0.05, 0) is 19.0 Å². The van der Waals surface area contributed by atoms with Crippen molar-refractivity contribution in [2.45, 2.75) is 6.42 Å². The van der Waals surface area contributed by atoms with Crippen LogP contribution < -0.4 is 0 Å². The summed E-state index contributed by atoms with van der Waals surface area (Å²) < 4.78 is 12.2. The number of hydrogen-bond acceptors (Lipinski definition) is 2. The summed E-state index contributed by atoms with van der Waals surface area (Å²) in [4.78, 5) is 2.11. The van der Waals surface area contributed by atoms with Gasteiger partial charge in [0, 0.05) is 19.0 Å². The summed E-state index contributed by atoms with van der Waals surface area (Å²) in [5.41, 5.74) is 0.755. The molecular weight excluding hydrogens is 145 g/mol. The van der Waals surface area contributed by atoms with E-state index in [2.05, 4.69) is 4.90 Å². The first kappa shape index (κ1) is 8.68. The first-order chi connectivity index (χ1) is 5.27. The molecule has 0 bridgehead atoms. The standard InChI is InChI=1S/C8H14FNO/c1-10-3-2-7(4-9)8(5-10)6-11/h4,8,11H,2-3,5-6H2,1H3/b7-4+/t8-/m0/s1. The van der Waals surface area contributed by atoms with E-state index in [0.717, 1.165) is 25.1 Å². The second-order valence-electron chi connectivity index (χ2n) is 3.08. The zero-order valence-corrected chi connectivity index (χ0v) is 6.76. The summed E-state index contributed by atoms with van der Waals surface area (Å²) in [5.74, 6) is 0.0127. The van der Waals surface area contributed by atoms with E-state index in [1.54, 1.807) is 0 Å². The van der Waals surface area contributed by atoms with Gasteiger partial charge >= 0.3 is 0 Å². The van der Waals surface area contributed by atoms with E-state index in [-0.39, 0.29) is 12.5 Å². The van der Waals surface area contributed by atoms with Crippen LogP contribution in [-0.2, 0) is 0 Å². The number of nitrogens with zero attached hydrogens (tertiary/aromatic N) is 1. The molecule has 64 valence electrons. The van der Waals surface area contributed by atoms with Gasteiger partial charge < -0.3 is 10.0 Å². The molecule has 1 heterocycles. The summed E-state index contributed by atoms with van der Waals surface area (Å²) in [6.45, 7) is 1.72. The summed E-state index contributed by atoms with van der Waals surface area (Å²) in [6.07, 6.45) is 1.39. The van der Waals surface area contributed by atoms with Gasteiger partial charge in [0.15, 0.2) is 0 Å². The zero-order valence-electron chi connectivity index (χ0n) is 6.76. The van der Waals surface area contributed by atoms with Crippen LogP contribution in [-0.4, -0.2) is 36.8 Å². The molecular formula is C8H14FNO. The van der Waals surface area contributed by atoms with Crippen LogP contribution in [0.15, 0.2) is 11.9 Å². The van der Waals surface area contributed by atoms with Crippen molar-refractivity contribution < 1.29 is 9.50 Å². The molecule has 1 saturated heterocycles. The predicted molar refractivity (Wildman–Crippen MR) is 41.9 cm³/mol. The van der Waals surface area contributed by atoms with Gasteiger partial charge in [0.05, 0.1) is 12.9 Å². The van der Waals surface area contributed by atoms with Gasteiger partial charge in [0.2, 0.25) is 0 Å². The average Bonchev–Trinajstić information content (AvgIpc) is 2.04. The molecule has 0 saturated carbocycles. The lowest BCUT2D eigenvalue weighted by Gasteiger charge is -2.30. The van der Waals surface area contributed by atoms with Crippen LogP contribution in [0.1, 0.15) is 6.42 Å². The third kappa shape index (κ3) is 2.01. The van der Waals surface area contributed by atoms with Crippen LogP contribution in [0.4, 0.5) is 4.39 Å². The fraction of sp³-hybridized carbons (Fsp3) is 0.750. The fourth-order valence-corrected chi connectivity index (χ4v) is 1.43. The van der Waals surface area contributed by atoms with E-state index in [9.17, 15) is 4.39 Å². The van der Waals surface area contributed by atoms with Gasteiger partial charge in [-0.2, -0.15) is 0 Å². The quantitative estimate of drug-likeness (QED) is 0.611. The summed E-state index contributed by atoms with van der Waals surface area (Å²) in [6, 6.07) is 0. The minimum Gasteiger partial charge on any atom is -0.396 e. The molecule has 2 nitrogen and oxygen atoms in total. The Morgan fingerprint density at radius 3 is 3.09 bits per heavy atom. The average molecular weight is 159 g/mol. The van der Waals surface area contributed by atoms with E-state index in [0.29, 0.717) is 6.33 Å². The topological polar surface area (TPSA) is 23.5 Å². The Hall–Kier alpha value is -0.410. The van der Waals surface area contributed by atoms with Gasteiger partial charge in [-0.15, -0.1) is 0 Å². The Kier molecular flexibility index (Phi) is 3.02. The minimum atomic E-state index is 0.0127. The molecule has 0 radical (unpaired) electrons. The number of aliphatic hydroxyl groups excluding tert-OH is 1. The van der Waals surface area contributed by atoms with Crippen LogP contribution in [0.5, 0.6) is 0 Å². The van der Waals surface area contributed by atoms with Crippen molar-refractivity contribution in [3.63, 3.8) is 0 Å². The van der Waals surface area contributed by atoms with Crippen LogP contribution in [0.3, 0.4) is 0 Å². The lowest BCUT2D eigenvalue weighted by Crippen LogP contribution is -2.35. The molecule has 0 amide bonds. The molecule has 3 heteroatoms. The van der Waals surface area contributed by atoms with Crippen LogP contribution in [0, 0.1) is 5.92 Å². The molecule has 0 unspecified atom stereocenters. The Bertz CT molecular complexity index is 158. The highest BCUT2D eigenvalue weighted by Gasteiger charge is 2.20. The molecule has 1 atom stereocenters. The maximum Gasteiger partial charge on any atom is 0.0863 e. The largest absolute Gasteiger partial charge is 0.396 e. The highest BCUT2D eigenvalue weighted by atomic mass is 19.1. The minimum absolute atomic E-state index is 0.0127. The van der Waals surface area contributed by atoms with Gasteiger partial charge in [-0.3, -0.25) is 0 Å². The summed E-state index contributed by atoms with van der Waals surface area (Å²) in [7, 11) is 1.98. The highest BCUT2D eigenvalue weighted by molar-refractivity contribution is 5.07. The number of piperidine rings is 1. The van der Waals surface area contributed by atoms with Gasteiger partial charge in [0.1, 0.15) is 0 Å². The lowest BCUT2D eigenvalue weighted by molar-refractivity contribution is 0.175. The zero-order chi connectivity index (χ0) is 8.27. The molecule has 0 aliphatic carbocycles. The third-order valence-corrected chi connectivity index (χ3v) is 2.20. The molecule has 1 aliphatic rings. The van der Waals surface area contributed by atoms with Gasteiger partial charge in [0.25, 0.3) is 0 Å². The first-order valence-corrected chi connectivity index (χ1v) is 3.86. The SMILES string of the molecule is CN1CC/C(=C\F)[C@H](CO)C1. The van der Waals surface area contributed by atoms with Crippen LogP contribution in [0.25, 0.3) is 0 Å². The maximum absolute atomic E-state index is 12.2. The van der Waals surface area contributed by atoms with E-state index in [1.165, 1.54) is 0 Å². The number of rotatable bonds is 1. The highest BCUT2D eigenvalue weighted by Crippen LogP contribution is 2.21. The van der Waals surface area contributed by atoms with Crippen molar-refractivity contribution in [1.29, 1.82) is 0 Å². The lowest BCUT2D eigenvalue weighted by atomic mass is 9.94. The van der Waals surface area contributed by atoms with Crippen molar-refractivity contribution in [2.24, 2.45) is 5.92 Å². The number of likely N-dealkylation sites (tertiary alicyclic amines) is 1. The Balaban J connectivity index is 2.55. The molecule has 1 aliphatic heterocycles.